The SMILES string of the molecule is O=C(OCC1OC(Oc2ccc(Oc3ccc(O)cc3)cc2)C(O)C(O)C1O)c1ccc(O)cc1. The highest BCUT2D eigenvalue weighted by molar-refractivity contribution is 5.89. The molecule has 35 heavy (non-hydrogen) atoms. The van der Waals surface area contributed by atoms with Crippen LogP contribution in [0.3, 0.4) is 0 Å². The summed E-state index contributed by atoms with van der Waals surface area (Å²) in [5, 5.41) is 49.5. The molecular weight excluding hydrogens is 460 g/mol. The summed E-state index contributed by atoms with van der Waals surface area (Å²) >= 11 is 0. The topological polar surface area (TPSA) is 155 Å². The summed E-state index contributed by atoms with van der Waals surface area (Å²) in [5.41, 5.74) is 0.177. The molecule has 10 nitrogen and oxygen atoms in total. The molecule has 4 rings (SSSR count). The molecule has 1 fully saturated rings. The fourth-order valence-corrected chi connectivity index (χ4v) is 3.36. The zero-order valence-electron chi connectivity index (χ0n) is 18.3. The van der Waals surface area contributed by atoms with Crippen molar-refractivity contribution in [2.24, 2.45) is 0 Å². The maximum Gasteiger partial charge on any atom is 0.338 e. The number of phenols is 2. The van der Waals surface area contributed by atoms with E-state index in [1.165, 1.54) is 36.4 Å². The number of benzene rings is 3. The van der Waals surface area contributed by atoms with Crippen LogP contribution in [-0.4, -0.2) is 68.8 Å². The second-order valence-electron chi connectivity index (χ2n) is 7.85. The van der Waals surface area contributed by atoms with E-state index < -0.39 is 43.3 Å². The Hall–Kier alpha value is -3.83. The Bertz CT molecular complexity index is 1110. The van der Waals surface area contributed by atoms with Gasteiger partial charge >= 0.3 is 5.97 Å². The number of hydrogen-bond donors (Lipinski definition) is 5. The maximum atomic E-state index is 12.2. The normalized spacial score (nSPS) is 23.9. The third-order valence-electron chi connectivity index (χ3n) is 5.30. The number of aliphatic hydroxyl groups excluding tert-OH is 3. The molecule has 3 aromatic rings. The molecule has 0 radical (unpaired) electrons. The largest absolute Gasteiger partial charge is 0.508 e. The van der Waals surface area contributed by atoms with E-state index in [-0.39, 0.29) is 22.8 Å². The Balaban J connectivity index is 1.36. The van der Waals surface area contributed by atoms with Gasteiger partial charge in [-0.05, 0) is 72.8 Å². The first-order valence-corrected chi connectivity index (χ1v) is 10.7. The molecule has 5 N–H and O–H groups in total. The monoisotopic (exact) mass is 484 g/mol. The number of aromatic hydroxyl groups is 2. The molecule has 1 heterocycles. The highest BCUT2D eigenvalue weighted by Crippen LogP contribution is 2.28. The second kappa shape index (κ2) is 10.6. The van der Waals surface area contributed by atoms with Crippen molar-refractivity contribution in [3.8, 4) is 28.7 Å². The van der Waals surface area contributed by atoms with Crippen LogP contribution in [-0.2, 0) is 9.47 Å². The van der Waals surface area contributed by atoms with Crippen LogP contribution in [0.4, 0.5) is 0 Å². The molecule has 1 aliphatic heterocycles. The fourth-order valence-electron chi connectivity index (χ4n) is 3.36. The molecule has 3 aromatic carbocycles. The minimum Gasteiger partial charge on any atom is -0.508 e. The molecule has 0 bridgehead atoms. The summed E-state index contributed by atoms with van der Waals surface area (Å²) in [5.74, 6) is 0.683. The standard InChI is InChI=1S/C25H24O10/c26-15-3-1-14(2-4-15)24(31)32-13-20-21(28)22(29)23(30)25(35-20)34-19-11-9-18(10-12-19)33-17-7-5-16(27)6-8-17/h1-12,20-23,25-30H,13H2. The van der Waals surface area contributed by atoms with Crippen LogP contribution in [0.5, 0.6) is 28.7 Å². The Morgan fingerprint density at radius 3 is 1.83 bits per heavy atom. The number of esters is 1. The molecule has 0 amide bonds. The van der Waals surface area contributed by atoms with Gasteiger partial charge in [-0.2, -0.15) is 0 Å². The van der Waals surface area contributed by atoms with Gasteiger partial charge in [-0.1, -0.05) is 0 Å². The Labute approximate surface area is 200 Å². The van der Waals surface area contributed by atoms with E-state index in [0.717, 1.165) is 0 Å². The summed E-state index contributed by atoms with van der Waals surface area (Å²) in [6.07, 6.45) is -7.23. The molecule has 184 valence electrons. The van der Waals surface area contributed by atoms with E-state index in [0.29, 0.717) is 11.5 Å². The molecule has 0 spiro atoms. The molecular formula is C25H24O10. The van der Waals surface area contributed by atoms with Gasteiger partial charge in [-0.25, -0.2) is 4.79 Å². The maximum absolute atomic E-state index is 12.2. The quantitative estimate of drug-likeness (QED) is 0.314. The summed E-state index contributed by atoms with van der Waals surface area (Å²) in [4.78, 5) is 12.2. The minimum absolute atomic E-state index is 0.00960. The zero-order chi connectivity index (χ0) is 24.9. The smallest absolute Gasteiger partial charge is 0.338 e. The molecule has 1 aliphatic rings. The van der Waals surface area contributed by atoms with Gasteiger partial charge in [0.15, 0.2) is 0 Å². The number of ether oxygens (including phenoxy) is 4. The second-order valence-corrected chi connectivity index (χ2v) is 7.85. The number of carbonyl (C=O) groups is 1. The van der Waals surface area contributed by atoms with Gasteiger partial charge in [0.2, 0.25) is 6.29 Å². The van der Waals surface area contributed by atoms with Crippen LogP contribution in [0.25, 0.3) is 0 Å². The van der Waals surface area contributed by atoms with E-state index in [1.54, 1.807) is 36.4 Å². The molecule has 0 aromatic heterocycles. The molecule has 1 saturated heterocycles. The number of hydrogen-bond acceptors (Lipinski definition) is 10. The van der Waals surface area contributed by atoms with Gasteiger partial charge < -0.3 is 44.5 Å². The van der Waals surface area contributed by atoms with Crippen molar-refractivity contribution in [3.63, 3.8) is 0 Å². The Morgan fingerprint density at radius 2 is 1.23 bits per heavy atom. The van der Waals surface area contributed by atoms with Crippen molar-refractivity contribution >= 4 is 5.97 Å². The van der Waals surface area contributed by atoms with E-state index in [2.05, 4.69) is 0 Å². The third-order valence-corrected chi connectivity index (χ3v) is 5.30. The van der Waals surface area contributed by atoms with Crippen LogP contribution in [0, 0.1) is 0 Å². The molecule has 0 aliphatic carbocycles. The molecule has 10 heteroatoms. The number of aliphatic hydroxyl groups is 3. The molecule has 5 atom stereocenters. The van der Waals surface area contributed by atoms with Crippen LogP contribution in [0.2, 0.25) is 0 Å². The van der Waals surface area contributed by atoms with Gasteiger partial charge in [-0.3, -0.25) is 0 Å². The Morgan fingerprint density at radius 1 is 0.714 bits per heavy atom. The molecule has 0 saturated carbocycles. The first kappa shape index (κ1) is 24.3. The van der Waals surface area contributed by atoms with E-state index in [4.69, 9.17) is 18.9 Å². The van der Waals surface area contributed by atoms with Crippen LogP contribution in [0.1, 0.15) is 10.4 Å². The highest BCUT2D eigenvalue weighted by Gasteiger charge is 2.45. The van der Waals surface area contributed by atoms with Gasteiger partial charge in [-0.15, -0.1) is 0 Å². The van der Waals surface area contributed by atoms with Crippen LogP contribution >= 0.6 is 0 Å². The van der Waals surface area contributed by atoms with Crippen LogP contribution in [0.15, 0.2) is 72.8 Å². The summed E-state index contributed by atoms with van der Waals surface area (Å²) in [6.45, 7) is -0.413. The lowest BCUT2D eigenvalue weighted by Crippen LogP contribution is -2.60. The first-order chi connectivity index (χ1) is 16.8. The fraction of sp³-hybridized carbons (Fsp3) is 0.240. The predicted octanol–water partition coefficient (Wildman–Crippen LogP) is 1.93. The van der Waals surface area contributed by atoms with Crippen molar-refractivity contribution in [1.82, 2.24) is 0 Å². The average molecular weight is 484 g/mol. The molecule has 5 unspecified atom stereocenters. The van der Waals surface area contributed by atoms with Crippen molar-refractivity contribution in [2.75, 3.05) is 6.61 Å². The van der Waals surface area contributed by atoms with E-state index in [9.17, 15) is 30.3 Å². The van der Waals surface area contributed by atoms with Crippen molar-refractivity contribution in [1.29, 1.82) is 0 Å². The zero-order valence-corrected chi connectivity index (χ0v) is 18.3. The van der Waals surface area contributed by atoms with Crippen molar-refractivity contribution in [2.45, 2.75) is 30.7 Å². The van der Waals surface area contributed by atoms with E-state index >= 15 is 0 Å². The number of carbonyl (C=O) groups excluding carboxylic acids is 1. The lowest BCUT2D eigenvalue weighted by molar-refractivity contribution is -0.277. The van der Waals surface area contributed by atoms with Crippen molar-refractivity contribution < 1.29 is 49.3 Å². The summed E-state index contributed by atoms with van der Waals surface area (Å²) in [6, 6.07) is 17.9. The van der Waals surface area contributed by atoms with Crippen LogP contribution < -0.4 is 9.47 Å². The summed E-state index contributed by atoms with van der Waals surface area (Å²) < 4.78 is 22.0. The average Bonchev–Trinajstić information content (AvgIpc) is 2.86. The van der Waals surface area contributed by atoms with Gasteiger partial charge in [0.1, 0.15) is 59.8 Å². The van der Waals surface area contributed by atoms with Gasteiger partial charge in [0, 0.05) is 0 Å². The van der Waals surface area contributed by atoms with Gasteiger partial charge in [0.25, 0.3) is 0 Å². The lowest BCUT2D eigenvalue weighted by atomic mass is 9.99. The van der Waals surface area contributed by atoms with Crippen molar-refractivity contribution in [3.05, 3.63) is 78.4 Å². The predicted molar refractivity (Wildman–Crippen MR) is 120 cm³/mol. The minimum atomic E-state index is -1.61. The summed E-state index contributed by atoms with van der Waals surface area (Å²) in [7, 11) is 0. The number of rotatable bonds is 7. The lowest BCUT2D eigenvalue weighted by Gasteiger charge is -2.39. The number of phenolic OH excluding ortho intramolecular Hbond substituents is 2. The van der Waals surface area contributed by atoms with Gasteiger partial charge in [0.05, 0.1) is 5.56 Å². The third kappa shape index (κ3) is 6.00. The first-order valence-electron chi connectivity index (χ1n) is 10.7. The highest BCUT2D eigenvalue weighted by atomic mass is 16.7. The Kier molecular flexibility index (Phi) is 7.37. The van der Waals surface area contributed by atoms with E-state index in [1.807, 2.05) is 0 Å².